The second-order valence-electron chi connectivity index (χ2n) is 4.70. The predicted molar refractivity (Wildman–Crippen MR) is 91.0 cm³/mol. The summed E-state index contributed by atoms with van der Waals surface area (Å²) in [4.78, 5) is 12.4. The van der Waals surface area contributed by atoms with Gasteiger partial charge in [0.25, 0.3) is 5.91 Å². The van der Waals surface area contributed by atoms with Gasteiger partial charge < -0.3 is 14.8 Å². The van der Waals surface area contributed by atoms with E-state index in [4.69, 9.17) is 9.47 Å². The molecule has 0 saturated heterocycles. The van der Waals surface area contributed by atoms with Crippen molar-refractivity contribution in [1.82, 2.24) is 0 Å². The fourth-order valence-corrected chi connectivity index (χ4v) is 2.58. The summed E-state index contributed by atoms with van der Waals surface area (Å²) in [7, 11) is 3.09. The van der Waals surface area contributed by atoms with Gasteiger partial charge >= 0.3 is 0 Å². The first-order chi connectivity index (χ1) is 10.6. The van der Waals surface area contributed by atoms with Gasteiger partial charge in [-0.2, -0.15) is 0 Å². The van der Waals surface area contributed by atoms with E-state index in [9.17, 15) is 4.79 Å². The van der Waals surface area contributed by atoms with Crippen LogP contribution in [0.25, 0.3) is 0 Å². The second kappa shape index (κ2) is 7.31. The van der Waals surface area contributed by atoms with Crippen molar-refractivity contribution in [3.05, 3.63) is 52.0 Å². The van der Waals surface area contributed by atoms with Crippen molar-refractivity contribution in [3.63, 3.8) is 0 Å². The largest absolute Gasteiger partial charge is 0.495 e. The number of benzene rings is 2. The summed E-state index contributed by atoms with van der Waals surface area (Å²) < 4.78 is 11.2. The molecule has 0 bridgehead atoms. The standard InChI is InChI=1S/C17H18BrNO3/c1-4-11-5-7-13(8-6-11)19-17(20)12-9-14(21-2)16(18)15(10-12)22-3/h5-10H,4H2,1-3H3,(H,19,20). The number of nitrogens with one attached hydrogen (secondary N) is 1. The summed E-state index contributed by atoms with van der Waals surface area (Å²) in [6, 6.07) is 11.1. The first-order valence-electron chi connectivity index (χ1n) is 6.90. The Hall–Kier alpha value is -2.01. The first kappa shape index (κ1) is 16.4. The minimum absolute atomic E-state index is 0.214. The van der Waals surface area contributed by atoms with Gasteiger partial charge in [0.05, 0.1) is 14.2 Å². The number of amides is 1. The highest BCUT2D eigenvalue weighted by atomic mass is 79.9. The topological polar surface area (TPSA) is 47.6 Å². The molecule has 2 aromatic rings. The van der Waals surface area contributed by atoms with Crippen LogP contribution in [0.5, 0.6) is 11.5 Å². The van der Waals surface area contributed by atoms with Gasteiger partial charge in [-0.1, -0.05) is 19.1 Å². The SMILES string of the molecule is CCc1ccc(NC(=O)c2cc(OC)c(Br)c(OC)c2)cc1. The molecule has 0 aliphatic heterocycles. The fourth-order valence-electron chi connectivity index (χ4n) is 2.03. The smallest absolute Gasteiger partial charge is 0.255 e. The maximum absolute atomic E-state index is 12.4. The molecule has 4 nitrogen and oxygen atoms in total. The number of aryl methyl sites for hydroxylation is 1. The van der Waals surface area contributed by atoms with Crippen LogP contribution in [0.15, 0.2) is 40.9 Å². The van der Waals surface area contributed by atoms with Gasteiger partial charge in [-0.15, -0.1) is 0 Å². The van der Waals surface area contributed by atoms with Crippen LogP contribution in [0, 0.1) is 0 Å². The number of hydrogen-bond donors (Lipinski definition) is 1. The van der Waals surface area contributed by atoms with Gasteiger partial charge in [0.2, 0.25) is 0 Å². The molecule has 22 heavy (non-hydrogen) atoms. The Morgan fingerprint density at radius 3 is 2.09 bits per heavy atom. The number of rotatable bonds is 5. The van der Waals surface area contributed by atoms with Crippen molar-refractivity contribution >= 4 is 27.5 Å². The number of anilines is 1. The van der Waals surface area contributed by atoms with Gasteiger partial charge in [0, 0.05) is 11.3 Å². The van der Waals surface area contributed by atoms with Crippen molar-refractivity contribution < 1.29 is 14.3 Å². The molecule has 2 rings (SSSR count). The number of methoxy groups -OCH3 is 2. The Morgan fingerprint density at radius 1 is 1.09 bits per heavy atom. The normalized spacial score (nSPS) is 10.2. The van der Waals surface area contributed by atoms with Gasteiger partial charge in [-0.3, -0.25) is 4.79 Å². The van der Waals surface area contributed by atoms with Crippen molar-refractivity contribution in [3.8, 4) is 11.5 Å². The van der Waals surface area contributed by atoms with Crippen molar-refractivity contribution in [1.29, 1.82) is 0 Å². The van der Waals surface area contributed by atoms with E-state index in [2.05, 4.69) is 28.2 Å². The summed E-state index contributed by atoms with van der Waals surface area (Å²) in [5.41, 5.74) is 2.45. The molecule has 2 aromatic carbocycles. The molecule has 0 unspecified atom stereocenters. The number of carbonyl (C=O) groups excluding carboxylic acids is 1. The van der Waals surface area contributed by atoms with Crippen molar-refractivity contribution in [2.24, 2.45) is 0 Å². The molecule has 0 aliphatic carbocycles. The second-order valence-corrected chi connectivity index (χ2v) is 5.49. The zero-order chi connectivity index (χ0) is 16.1. The average Bonchev–Trinajstić information content (AvgIpc) is 2.55. The van der Waals surface area contributed by atoms with Gasteiger partial charge in [-0.25, -0.2) is 0 Å². The summed E-state index contributed by atoms with van der Waals surface area (Å²) in [6.45, 7) is 2.09. The lowest BCUT2D eigenvalue weighted by atomic mass is 10.1. The predicted octanol–water partition coefficient (Wildman–Crippen LogP) is 4.28. The summed E-state index contributed by atoms with van der Waals surface area (Å²) >= 11 is 3.39. The van der Waals surface area contributed by atoms with E-state index in [1.807, 2.05) is 24.3 Å². The number of hydrogen-bond acceptors (Lipinski definition) is 3. The molecule has 0 aromatic heterocycles. The lowest BCUT2D eigenvalue weighted by Gasteiger charge is -2.12. The van der Waals surface area contributed by atoms with Crippen molar-refractivity contribution in [2.75, 3.05) is 19.5 Å². The van der Waals surface area contributed by atoms with Crippen LogP contribution >= 0.6 is 15.9 Å². The highest BCUT2D eigenvalue weighted by Crippen LogP contribution is 2.35. The Bertz CT molecular complexity index is 643. The van der Waals surface area contributed by atoms with Gasteiger partial charge in [-0.05, 0) is 52.2 Å². The third-order valence-corrected chi connectivity index (χ3v) is 4.11. The molecule has 1 N–H and O–H groups in total. The van der Waals surface area contributed by atoms with E-state index in [-0.39, 0.29) is 5.91 Å². The Morgan fingerprint density at radius 2 is 1.64 bits per heavy atom. The molecule has 1 amide bonds. The maximum atomic E-state index is 12.4. The lowest BCUT2D eigenvalue weighted by Crippen LogP contribution is -2.12. The van der Waals surface area contributed by atoms with Crippen molar-refractivity contribution in [2.45, 2.75) is 13.3 Å². The van der Waals surface area contributed by atoms with E-state index in [1.165, 1.54) is 5.56 Å². The Balaban J connectivity index is 2.24. The zero-order valence-corrected chi connectivity index (χ0v) is 14.4. The average molecular weight is 364 g/mol. The first-order valence-corrected chi connectivity index (χ1v) is 7.70. The molecule has 0 heterocycles. The van der Waals surface area contributed by atoms with Crippen LogP contribution in [-0.4, -0.2) is 20.1 Å². The number of carbonyl (C=O) groups is 1. The van der Waals surface area contributed by atoms with E-state index in [1.54, 1.807) is 26.4 Å². The summed E-state index contributed by atoms with van der Waals surface area (Å²) in [5.74, 6) is 0.880. The molecule has 0 fully saturated rings. The third kappa shape index (κ3) is 3.60. The molecule has 116 valence electrons. The molecule has 0 atom stereocenters. The van der Waals surface area contributed by atoms with Crippen LogP contribution in [0.4, 0.5) is 5.69 Å². The van der Waals surface area contributed by atoms with E-state index >= 15 is 0 Å². The number of halogens is 1. The van der Waals surface area contributed by atoms with Crippen LogP contribution in [0.1, 0.15) is 22.8 Å². The molecule has 0 aliphatic rings. The van der Waals surface area contributed by atoms with Crippen LogP contribution in [0.2, 0.25) is 0 Å². The maximum Gasteiger partial charge on any atom is 0.255 e. The minimum atomic E-state index is -0.214. The molecular weight excluding hydrogens is 346 g/mol. The lowest BCUT2D eigenvalue weighted by molar-refractivity contribution is 0.102. The molecule has 0 spiro atoms. The van der Waals surface area contributed by atoms with E-state index in [0.29, 0.717) is 21.5 Å². The van der Waals surface area contributed by atoms with E-state index in [0.717, 1.165) is 12.1 Å². The molecule has 0 saturated carbocycles. The minimum Gasteiger partial charge on any atom is -0.495 e. The van der Waals surface area contributed by atoms with Gasteiger partial charge in [0.1, 0.15) is 16.0 Å². The molecule has 5 heteroatoms. The summed E-state index contributed by atoms with van der Waals surface area (Å²) in [6.07, 6.45) is 0.968. The van der Waals surface area contributed by atoms with Crippen LogP contribution in [0.3, 0.4) is 0 Å². The quantitative estimate of drug-likeness (QED) is 0.862. The molecule has 0 radical (unpaired) electrons. The van der Waals surface area contributed by atoms with E-state index < -0.39 is 0 Å². The molecular formula is C17H18BrNO3. The zero-order valence-electron chi connectivity index (χ0n) is 12.8. The van der Waals surface area contributed by atoms with Crippen LogP contribution < -0.4 is 14.8 Å². The van der Waals surface area contributed by atoms with Gasteiger partial charge in [0.15, 0.2) is 0 Å². The van der Waals surface area contributed by atoms with Crippen LogP contribution in [-0.2, 0) is 6.42 Å². The highest BCUT2D eigenvalue weighted by Gasteiger charge is 2.14. The third-order valence-electron chi connectivity index (χ3n) is 3.33. The fraction of sp³-hybridized carbons (Fsp3) is 0.235. The monoisotopic (exact) mass is 363 g/mol. The Kier molecular flexibility index (Phi) is 5.44. The Labute approximate surface area is 138 Å². The number of ether oxygens (including phenoxy) is 2. The summed E-state index contributed by atoms with van der Waals surface area (Å²) in [5, 5.41) is 2.87. The highest BCUT2D eigenvalue weighted by molar-refractivity contribution is 9.10.